The molecule has 0 saturated heterocycles. The Morgan fingerprint density at radius 1 is 1.10 bits per heavy atom. The van der Waals surface area contributed by atoms with Crippen LogP contribution in [0.3, 0.4) is 0 Å². The summed E-state index contributed by atoms with van der Waals surface area (Å²) in [7, 11) is -3.72. The highest BCUT2D eigenvalue weighted by Crippen LogP contribution is 2.25. The smallest absolute Gasteiger partial charge is 0.263 e. The number of carbonyl (C=O) groups excluding carboxylic acids is 1. The van der Waals surface area contributed by atoms with Crippen LogP contribution in [0.25, 0.3) is 0 Å². The van der Waals surface area contributed by atoms with Gasteiger partial charge < -0.3 is 5.32 Å². The molecule has 2 aromatic carbocycles. The number of thiazole rings is 1. The Balaban J connectivity index is 1.51. The normalized spacial score (nSPS) is 11.2. The third-order valence-electron chi connectivity index (χ3n) is 3.59. The van der Waals surface area contributed by atoms with E-state index in [0.29, 0.717) is 26.6 Å². The first-order chi connectivity index (χ1) is 13.8. The molecule has 11 heteroatoms. The summed E-state index contributed by atoms with van der Waals surface area (Å²) in [5, 5.41) is 5.68. The zero-order valence-corrected chi connectivity index (χ0v) is 18.7. The van der Waals surface area contributed by atoms with Crippen LogP contribution >= 0.6 is 46.3 Å². The van der Waals surface area contributed by atoms with Gasteiger partial charge in [-0.15, -0.1) is 23.1 Å². The molecule has 0 aliphatic rings. The summed E-state index contributed by atoms with van der Waals surface area (Å²) in [6.07, 6.45) is 1.51. The predicted octanol–water partition coefficient (Wildman–Crippen LogP) is 5.12. The highest BCUT2D eigenvalue weighted by molar-refractivity contribution is 7.99. The summed E-state index contributed by atoms with van der Waals surface area (Å²) < 4.78 is 27.0. The van der Waals surface area contributed by atoms with Crippen LogP contribution in [0.1, 0.15) is 5.56 Å². The van der Waals surface area contributed by atoms with Gasteiger partial charge in [-0.1, -0.05) is 29.3 Å². The first-order valence-corrected chi connectivity index (χ1v) is 12.4. The second kappa shape index (κ2) is 9.82. The van der Waals surface area contributed by atoms with Crippen molar-refractivity contribution >= 4 is 73.0 Å². The molecular formula is C18H15Cl2N3O3S3. The van der Waals surface area contributed by atoms with Crippen LogP contribution in [-0.4, -0.2) is 25.1 Å². The molecule has 0 spiro atoms. The number of halogens is 2. The van der Waals surface area contributed by atoms with Crippen molar-refractivity contribution in [2.24, 2.45) is 0 Å². The number of rotatable bonds is 8. The van der Waals surface area contributed by atoms with Gasteiger partial charge in [0.1, 0.15) is 0 Å². The van der Waals surface area contributed by atoms with Crippen LogP contribution in [0, 0.1) is 0 Å². The molecule has 0 aliphatic carbocycles. The number of carbonyl (C=O) groups is 1. The highest BCUT2D eigenvalue weighted by atomic mass is 35.5. The quantitative estimate of drug-likeness (QED) is 0.460. The number of amides is 1. The summed E-state index contributed by atoms with van der Waals surface area (Å²) in [5.41, 5.74) is 1.48. The molecule has 6 nitrogen and oxygen atoms in total. The van der Waals surface area contributed by atoms with Gasteiger partial charge >= 0.3 is 0 Å². The second-order valence-electron chi connectivity index (χ2n) is 5.76. The largest absolute Gasteiger partial charge is 0.325 e. The number of thioether (sulfide) groups is 1. The number of aromatic nitrogens is 1. The lowest BCUT2D eigenvalue weighted by Gasteiger charge is -2.08. The Bertz CT molecular complexity index is 1090. The van der Waals surface area contributed by atoms with Gasteiger partial charge in [-0.25, -0.2) is 13.4 Å². The van der Waals surface area contributed by atoms with E-state index >= 15 is 0 Å². The first-order valence-electron chi connectivity index (χ1n) is 8.17. The maximum Gasteiger partial charge on any atom is 0.263 e. The fourth-order valence-electron chi connectivity index (χ4n) is 2.25. The van der Waals surface area contributed by atoms with E-state index < -0.39 is 10.0 Å². The molecule has 1 amide bonds. The molecule has 0 aliphatic heterocycles. The number of anilines is 2. The van der Waals surface area contributed by atoms with E-state index in [1.165, 1.54) is 53.6 Å². The molecule has 0 saturated carbocycles. The number of sulfonamides is 1. The Morgan fingerprint density at radius 3 is 2.52 bits per heavy atom. The Kier molecular flexibility index (Phi) is 7.42. The third kappa shape index (κ3) is 6.35. The predicted molar refractivity (Wildman–Crippen MR) is 121 cm³/mol. The molecule has 1 heterocycles. The molecule has 3 aromatic rings. The minimum absolute atomic E-state index is 0.0830. The van der Waals surface area contributed by atoms with Crippen molar-refractivity contribution < 1.29 is 13.2 Å². The van der Waals surface area contributed by atoms with Gasteiger partial charge in [-0.2, -0.15) is 0 Å². The van der Waals surface area contributed by atoms with Crippen molar-refractivity contribution in [2.45, 2.75) is 10.6 Å². The van der Waals surface area contributed by atoms with Gasteiger partial charge in [-0.05, 0) is 42.0 Å². The topological polar surface area (TPSA) is 88.2 Å². The molecule has 0 unspecified atom stereocenters. The second-order valence-corrected chi connectivity index (χ2v) is 10.1. The molecule has 0 radical (unpaired) electrons. The van der Waals surface area contributed by atoms with Crippen LogP contribution in [0.4, 0.5) is 10.8 Å². The Morgan fingerprint density at radius 2 is 1.86 bits per heavy atom. The van der Waals surface area contributed by atoms with Crippen LogP contribution in [-0.2, 0) is 20.6 Å². The minimum atomic E-state index is -3.72. The van der Waals surface area contributed by atoms with Crippen LogP contribution in [0.15, 0.2) is 58.9 Å². The lowest BCUT2D eigenvalue weighted by molar-refractivity contribution is -0.113. The molecule has 0 fully saturated rings. The van der Waals surface area contributed by atoms with Crippen molar-refractivity contribution in [2.75, 3.05) is 15.8 Å². The van der Waals surface area contributed by atoms with Gasteiger partial charge in [0.15, 0.2) is 5.13 Å². The van der Waals surface area contributed by atoms with E-state index in [-0.39, 0.29) is 16.6 Å². The number of benzene rings is 2. The standard InChI is InChI=1S/C18H15Cl2N3O3S3/c19-15-6-1-12(9-16(15)20)10-27-11-17(24)22-13-2-4-14(5-3-13)29(25,26)23-18-21-7-8-28-18/h1-9H,10-11H2,(H,21,23)(H,22,24). The van der Waals surface area contributed by atoms with Crippen LogP contribution in [0.5, 0.6) is 0 Å². The number of hydrogen-bond acceptors (Lipinski definition) is 6. The van der Waals surface area contributed by atoms with Crippen LogP contribution < -0.4 is 10.0 Å². The molecule has 3 rings (SSSR count). The van der Waals surface area contributed by atoms with Gasteiger partial charge in [-0.3, -0.25) is 9.52 Å². The number of hydrogen-bond donors (Lipinski definition) is 2. The van der Waals surface area contributed by atoms with E-state index in [2.05, 4.69) is 15.0 Å². The van der Waals surface area contributed by atoms with E-state index in [1.54, 1.807) is 17.5 Å². The average Bonchev–Trinajstić information content (AvgIpc) is 3.17. The SMILES string of the molecule is O=C(CSCc1ccc(Cl)c(Cl)c1)Nc1ccc(S(=O)(=O)Nc2nccs2)cc1. The molecule has 0 atom stereocenters. The van der Waals surface area contributed by atoms with Crippen molar-refractivity contribution in [3.63, 3.8) is 0 Å². The Hall–Kier alpha value is -1.78. The minimum Gasteiger partial charge on any atom is -0.325 e. The molecule has 2 N–H and O–H groups in total. The zero-order valence-electron chi connectivity index (χ0n) is 14.8. The van der Waals surface area contributed by atoms with Crippen molar-refractivity contribution in [1.29, 1.82) is 0 Å². The van der Waals surface area contributed by atoms with Gasteiger partial charge in [0.25, 0.3) is 10.0 Å². The molecule has 152 valence electrons. The molecule has 0 bridgehead atoms. The fraction of sp³-hybridized carbons (Fsp3) is 0.111. The molecule has 1 aromatic heterocycles. The summed E-state index contributed by atoms with van der Waals surface area (Å²) in [6.45, 7) is 0. The first kappa shape index (κ1) is 21.9. The molecule has 29 heavy (non-hydrogen) atoms. The van der Waals surface area contributed by atoms with Crippen molar-refractivity contribution in [3.05, 3.63) is 69.7 Å². The van der Waals surface area contributed by atoms with Gasteiger partial charge in [0, 0.05) is 23.0 Å². The summed E-state index contributed by atoms with van der Waals surface area (Å²) in [6, 6.07) is 11.3. The van der Waals surface area contributed by atoms with E-state index in [4.69, 9.17) is 23.2 Å². The third-order valence-corrected chi connectivity index (χ3v) is 7.50. The lowest BCUT2D eigenvalue weighted by Crippen LogP contribution is -2.15. The lowest BCUT2D eigenvalue weighted by atomic mass is 10.2. The summed E-state index contributed by atoms with van der Waals surface area (Å²) >= 11 is 14.5. The maximum atomic E-state index is 12.3. The van der Waals surface area contributed by atoms with Crippen molar-refractivity contribution in [3.8, 4) is 0 Å². The van der Waals surface area contributed by atoms with Crippen molar-refractivity contribution in [1.82, 2.24) is 4.98 Å². The van der Waals surface area contributed by atoms with E-state index in [1.807, 2.05) is 6.07 Å². The molecular weight excluding hydrogens is 473 g/mol. The van der Waals surface area contributed by atoms with E-state index in [9.17, 15) is 13.2 Å². The van der Waals surface area contributed by atoms with Gasteiger partial charge in [0.05, 0.1) is 20.7 Å². The monoisotopic (exact) mass is 487 g/mol. The average molecular weight is 488 g/mol. The van der Waals surface area contributed by atoms with Crippen LogP contribution in [0.2, 0.25) is 10.0 Å². The zero-order chi connectivity index (χ0) is 20.9. The van der Waals surface area contributed by atoms with E-state index in [0.717, 1.165) is 5.56 Å². The van der Waals surface area contributed by atoms with Gasteiger partial charge in [0.2, 0.25) is 5.91 Å². The highest BCUT2D eigenvalue weighted by Gasteiger charge is 2.15. The number of nitrogens with one attached hydrogen (secondary N) is 2. The summed E-state index contributed by atoms with van der Waals surface area (Å²) in [4.78, 5) is 16.1. The maximum absolute atomic E-state index is 12.3. The number of nitrogens with zero attached hydrogens (tertiary/aromatic N) is 1. The Labute approximate surface area is 186 Å². The fourth-order valence-corrected chi connectivity index (χ4v) is 5.14. The summed E-state index contributed by atoms with van der Waals surface area (Å²) in [5.74, 6) is 0.669.